The number of hydrogen-bond acceptors (Lipinski definition) is 1. The third kappa shape index (κ3) is 2.29. The summed E-state index contributed by atoms with van der Waals surface area (Å²) >= 11 is 0. The number of rotatable bonds is 3. The van der Waals surface area contributed by atoms with Crippen molar-refractivity contribution >= 4 is 0 Å². The molecule has 0 unspecified atom stereocenters. The molecule has 0 amide bonds. The average Bonchev–Trinajstić information content (AvgIpc) is 2.09. The first-order valence-corrected chi connectivity index (χ1v) is 4.63. The van der Waals surface area contributed by atoms with Crippen molar-refractivity contribution in [3.8, 4) is 0 Å². The summed E-state index contributed by atoms with van der Waals surface area (Å²) in [6.45, 7) is 4.46. The fraction of sp³-hybridized carbons (Fsp3) is 0.455. The van der Waals surface area contributed by atoms with Crippen LogP contribution in [0.5, 0.6) is 0 Å². The number of nitrogens with two attached hydrogens (primary N) is 1. The molecule has 1 aromatic carbocycles. The van der Waals surface area contributed by atoms with Gasteiger partial charge in [-0.25, -0.2) is 8.78 Å². The SMILES string of the molecule is CC(C)(CCN)c1ccc(F)c(F)c1. The van der Waals surface area contributed by atoms with Crippen molar-refractivity contribution in [3.05, 3.63) is 35.4 Å². The van der Waals surface area contributed by atoms with Crippen molar-refractivity contribution in [3.63, 3.8) is 0 Å². The molecular formula is C11H15F2N. The smallest absolute Gasteiger partial charge is 0.159 e. The van der Waals surface area contributed by atoms with Crippen LogP contribution in [-0.2, 0) is 5.41 Å². The molecule has 1 rings (SSSR count). The minimum atomic E-state index is -0.808. The topological polar surface area (TPSA) is 26.0 Å². The average molecular weight is 199 g/mol. The maximum absolute atomic E-state index is 12.9. The van der Waals surface area contributed by atoms with Crippen LogP contribution in [-0.4, -0.2) is 6.54 Å². The third-order valence-corrected chi connectivity index (χ3v) is 2.47. The van der Waals surface area contributed by atoms with Gasteiger partial charge in [-0.3, -0.25) is 0 Å². The van der Waals surface area contributed by atoms with E-state index in [4.69, 9.17) is 5.73 Å². The van der Waals surface area contributed by atoms with E-state index in [-0.39, 0.29) is 5.41 Å². The van der Waals surface area contributed by atoms with E-state index in [1.807, 2.05) is 13.8 Å². The van der Waals surface area contributed by atoms with Crippen LogP contribution in [0.1, 0.15) is 25.8 Å². The fourth-order valence-electron chi connectivity index (χ4n) is 1.42. The Bertz CT molecular complexity index is 321. The predicted octanol–water partition coefficient (Wildman–Crippen LogP) is 2.59. The summed E-state index contributed by atoms with van der Waals surface area (Å²) in [6.07, 6.45) is 0.748. The van der Waals surface area contributed by atoms with Crippen molar-refractivity contribution in [1.82, 2.24) is 0 Å². The monoisotopic (exact) mass is 199 g/mol. The molecule has 2 N–H and O–H groups in total. The number of benzene rings is 1. The Morgan fingerprint density at radius 3 is 2.36 bits per heavy atom. The van der Waals surface area contributed by atoms with Crippen molar-refractivity contribution in [2.45, 2.75) is 25.7 Å². The summed E-state index contributed by atoms with van der Waals surface area (Å²) in [5, 5.41) is 0. The molecular weight excluding hydrogens is 184 g/mol. The lowest BCUT2D eigenvalue weighted by Crippen LogP contribution is -2.21. The predicted molar refractivity (Wildman–Crippen MR) is 53.1 cm³/mol. The van der Waals surface area contributed by atoms with Crippen LogP contribution in [0.15, 0.2) is 18.2 Å². The van der Waals surface area contributed by atoms with Crippen molar-refractivity contribution in [2.24, 2.45) is 5.73 Å². The van der Waals surface area contributed by atoms with Gasteiger partial charge in [0.2, 0.25) is 0 Å². The van der Waals surface area contributed by atoms with Crippen molar-refractivity contribution < 1.29 is 8.78 Å². The maximum Gasteiger partial charge on any atom is 0.159 e. The van der Waals surface area contributed by atoms with Gasteiger partial charge in [0.25, 0.3) is 0 Å². The Kier molecular flexibility index (Phi) is 3.21. The van der Waals surface area contributed by atoms with E-state index in [1.165, 1.54) is 6.07 Å². The summed E-state index contributed by atoms with van der Waals surface area (Å²) in [6, 6.07) is 4.00. The zero-order valence-corrected chi connectivity index (χ0v) is 8.48. The van der Waals surface area contributed by atoms with Crippen LogP contribution in [0.25, 0.3) is 0 Å². The maximum atomic E-state index is 12.9. The first kappa shape index (κ1) is 11.1. The Morgan fingerprint density at radius 2 is 1.86 bits per heavy atom. The van der Waals surface area contributed by atoms with Gasteiger partial charge in [-0.05, 0) is 36.1 Å². The Labute approximate surface area is 82.9 Å². The first-order chi connectivity index (χ1) is 6.47. The zero-order chi connectivity index (χ0) is 10.8. The molecule has 1 nitrogen and oxygen atoms in total. The molecule has 0 radical (unpaired) electrons. The summed E-state index contributed by atoms with van der Waals surface area (Å²) in [5.74, 6) is -1.61. The highest BCUT2D eigenvalue weighted by Gasteiger charge is 2.20. The molecule has 0 atom stereocenters. The van der Waals surface area contributed by atoms with Crippen LogP contribution in [0, 0.1) is 11.6 Å². The second-order valence-electron chi connectivity index (χ2n) is 4.05. The Morgan fingerprint density at radius 1 is 1.21 bits per heavy atom. The third-order valence-electron chi connectivity index (χ3n) is 2.47. The number of hydrogen-bond donors (Lipinski definition) is 1. The molecule has 0 aliphatic heterocycles. The van der Waals surface area contributed by atoms with Crippen molar-refractivity contribution in [2.75, 3.05) is 6.54 Å². The number of halogens is 2. The van der Waals surface area contributed by atoms with Crippen LogP contribution in [0.4, 0.5) is 8.78 Å². The highest BCUT2D eigenvalue weighted by atomic mass is 19.2. The summed E-state index contributed by atoms with van der Waals surface area (Å²) in [4.78, 5) is 0. The van der Waals surface area contributed by atoms with Gasteiger partial charge < -0.3 is 5.73 Å². The molecule has 0 aliphatic rings. The normalized spacial score (nSPS) is 11.8. The van der Waals surface area contributed by atoms with E-state index < -0.39 is 11.6 Å². The van der Waals surface area contributed by atoms with E-state index >= 15 is 0 Å². The van der Waals surface area contributed by atoms with Gasteiger partial charge in [-0.1, -0.05) is 19.9 Å². The van der Waals surface area contributed by atoms with E-state index in [9.17, 15) is 8.78 Å². The minimum absolute atomic E-state index is 0.205. The van der Waals surface area contributed by atoms with Crippen LogP contribution < -0.4 is 5.73 Å². The zero-order valence-electron chi connectivity index (χ0n) is 8.48. The molecule has 0 fully saturated rings. The highest BCUT2D eigenvalue weighted by Crippen LogP contribution is 2.27. The second-order valence-corrected chi connectivity index (χ2v) is 4.05. The van der Waals surface area contributed by atoms with Crippen molar-refractivity contribution in [1.29, 1.82) is 0 Å². The van der Waals surface area contributed by atoms with Gasteiger partial charge >= 0.3 is 0 Å². The molecule has 78 valence electrons. The molecule has 1 aromatic rings. The summed E-state index contributed by atoms with van der Waals surface area (Å²) < 4.78 is 25.6. The van der Waals surface area contributed by atoms with Gasteiger partial charge in [0.1, 0.15) is 0 Å². The Hall–Kier alpha value is -0.960. The molecule has 0 saturated heterocycles. The van der Waals surface area contributed by atoms with Gasteiger partial charge in [0, 0.05) is 0 Å². The summed E-state index contributed by atoms with van der Waals surface area (Å²) in [5.41, 5.74) is 6.03. The molecule has 0 bridgehead atoms. The second kappa shape index (κ2) is 4.05. The van der Waals surface area contributed by atoms with E-state index in [1.54, 1.807) is 6.07 Å². The van der Waals surface area contributed by atoms with Gasteiger partial charge in [-0.2, -0.15) is 0 Å². The lowest BCUT2D eigenvalue weighted by atomic mass is 9.81. The molecule has 0 saturated carbocycles. The molecule has 0 heterocycles. The molecule has 14 heavy (non-hydrogen) atoms. The largest absolute Gasteiger partial charge is 0.330 e. The van der Waals surface area contributed by atoms with Gasteiger partial charge in [0.15, 0.2) is 11.6 Å². The van der Waals surface area contributed by atoms with E-state index in [0.29, 0.717) is 6.54 Å². The molecule has 3 heteroatoms. The van der Waals surface area contributed by atoms with E-state index in [2.05, 4.69) is 0 Å². The standard InChI is InChI=1S/C11H15F2N/c1-11(2,5-6-14)8-3-4-9(12)10(13)7-8/h3-4,7H,5-6,14H2,1-2H3. The van der Waals surface area contributed by atoms with Crippen LogP contribution in [0.2, 0.25) is 0 Å². The first-order valence-electron chi connectivity index (χ1n) is 4.63. The quantitative estimate of drug-likeness (QED) is 0.795. The van der Waals surface area contributed by atoms with E-state index in [0.717, 1.165) is 18.1 Å². The van der Waals surface area contributed by atoms with Crippen LogP contribution >= 0.6 is 0 Å². The summed E-state index contributed by atoms with van der Waals surface area (Å²) in [7, 11) is 0. The lowest BCUT2D eigenvalue weighted by Gasteiger charge is -2.24. The van der Waals surface area contributed by atoms with Gasteiger partial charge in [0.05, 0.1) is 0 Å². The Balaban J connectivity index is 3.01. The fourth-order valence-corrected chi connectivity index (χ4v) is 1.42. The molecule has 0 spiro atoms. The van der Waals surface area contributed by atoms with Gasteiger partial charge in [-0.15, -0.1) is 0 Å². The minimum Gasteiger partial charge on any atom is -0.330 e. The molecule has 0 aromatic heterocycles. The molecule has 0 aliphatic carbocycles. The lowest BCUT2D eigenvalue weighted by molar-refractivity contribution is 0.469. The van der Waals surface area contributed by atoms with Crippen LogP contribution in [0.3, 0.4) is 0 Å². The highest BCUT2D eigenvalue weighted by molar-refractivity contribution is 5.25.